The van der Waals surface area contributed by atoms with Crippen LogP contribution in [0.2, 0.25) is 5.02 Å². The SMILES string of the molecule is COc1c(Cl)cc(F)cc1CCCN(C)C. The fourth-order valence-electron chi connectivity index (χ4n) is 1.61. The largest absolute Gasteiger partial charge is 0.495 e. The summed E-state index contributed by atoms with van der Waals surface area (Å²) in [6.07, 6.45) is 1.71. The molecule has 0 aliphatic carbocycles. The Morgan fingerprint density at radius 3 is 2.62 bits per heavy atom. The van der Waals surface area contributed by atoms with Gasteiger partial charge >= 0.3 is 0 Å². The highest BCUT2D eigenvalue weighted by Crippen LogP contribution is 2.30. The first-order valence-electron chi connectivity index (χ1n) is 5.21. The van der Waals surface area contributed by atoms with Gasteiger partial charge in [0.25, 0.3) is 0 Å². The van der Waals surface area contributed by atoms with E-state index in [1.54, 1.807) is 7.11 Å². The molecule has 0 fully saturated rings. The normalized spacial score (nSPS) is 10.9. The van der Waals surface area contributed by atoms with Crippen molar-refractivity contribution < 1.29 is 9.13 Å². The van der Waals surface area contributed by atoms with Crippen LogP contribution in [0.1, 0.15) is 12.0 Å². The Hall–Kier alpha value is -0.800. The summed E-state index contributed by atoms with van der Waals surface area (Å²) in [7, 11) is 5.57. The Balaban J connectivity index is 2.77. The van der Waals surface area contributed by atoms with E-state index >= 15 is 0 Å². The summed E-state index contributed by atoms with van der Waals surface area (Å²) >= 11 is 5.90. The average molecular weight is 246 g/mol. The van der Waals surface area contributed by atoms with Gasteiger partial charge in [-0.15, -0.1) is 0 Å². The van der Waals surface area contributed by atoms with Crippen LogP contribution in [0.3, 0.4) is 0 Å². The maximum Gasteiger partial charge on any atom is 0.140 e. The molecule has 0 aromatic heterocycles. The van der Waals surface area contributed by atoms with E-state index in [2.05, 4.69) is 4.90 Å². The third-order valence-electron chi connectivity index (χ3n) is 2.34. The summed E-state index contributed by atoms with van der Waals surface area (Å²) in [6, 6.07) is 2.76. The van der Waals surface area contributed by atoms with Gasteiger partial charge < -0.3 is 9.64 Å². The second-order valence-electron chi connectivity index (χ2n) is 3.99. The summed E-state index contributed by atoms with van der Waals surface area (Å²) in [5.74, 6) is 0.271. The number of ether oxygens (including phenoxy) is 1. The first kappa shape index (κ1) is 13.3. The molecule has 16 heavy (non-hydrogen) atoms. The minimum absolute atomic E-state index is 0.314. The number of halogens is 2. The lowest BCUT2D eigenvalue weighted by Gasteiger charge is -2.12. The molecule has 2 nitrogen and oxygen atoms in total. The van der Waals surface area contributed by atoms with E-state index in [-0.39, 0.29) is 5.82 Å². The third-order valence-corrected chi connectivity index (χ3v) is 2.62. The van der Waals surface area contributed by atoms with Crippen molar-refractivity contribution in [2.24, 2.45) is 0 Å². The summed E-state index contributed by atoms with van der Waals surface area (Å²) in [5.41, 5.74) is 0.828. The first-order valence-corrected chi connectivity index (χ1v) is 5.59. The number of benzene rings is 1. The number of hydrogen-bond acceptors (Lipinski definition) is 2. The fourth-order valence-corrected chi connectivity index (χ4v) is 1.92. The summed E-state index contributed by atoms with van der Waals surface area (Å²) in [6.45, 7) is 0.956. The molecule has 0 saturated carbocycles. The van der Waals surface area contributed by atoms with Gasteiger partial charge in [-0.3, -0.25) is 0 Å². The molecular weight excluding hydrogens is 229 g/mol. The third kappa shape index (κ3) is 3.65. The molecule has 0 atom stereocenters. The average Bonchev–Trinajstić information content (AvgIpc) is 2.16. The first-order chi connectivity index (χ1) is 7.54. The van der Waals surface area contributed by atoms with Gasteiger partial charge in [0.2, 0.25) is 0 Å². The van der Waals surface area contributed by atoms with E-state index in [1.165, 1.54) is 12.1 Å². The van der Waals surface area contributed by atoms with Crippen molar-refractivity contribution in [3.8, 4) is 5.75 Å². The molecule has 0 bridgehead atoms. The van der Waals surface area contributed by atoms with Crippen LogP contribution < -0.4 is 4.74 Å². The second-order valence-corrected chi connectivity index (χ2v) is 4.39. The van der Waals surface area contributed by atoms with Crippen molar-refractivity contribution in [3.63, 3.8) is 0 Å². The number of nitrogens with zero attached hydrogens (tertiary/aromatic N) is 1. The van der Waals surface area contributed by atoms with Crippen molar-refractivity contribution in [1.29, 1.82) is 0 Å². The van der Waals surface area contributed by atoms with Crippen LogP contribution >= 0.6 is 11.6 Å². The number of rotatable bonds is 5. The molecule has 0 radical (unpaired) electrons. The maximum absolute atomic E-state index is 13.2. The molecule has 0 heterocycles. The maximum atomic E-state index is 13.2. The van der Waals surface area contributed by atoms with Gasteiger partial charge in [-0.1, -0.05) is 11.6 Å². The van der Waals surface area contributed by atoms with Crippen LogP contribution in [0.25, 0.3) is 0 Å². The summed E-state index contributed by atoms with van der Waals surface area (Å²) < 4.78 is 18.4. The molecule has 1 aromatic carbocycles. The van der Waals surface area contributed by atoms with E-state index in [0.717, 1.165) is 24.9 Å². The molecule has 90 valence electrons. The van der Waals surface area contributed by atoms with Gasteiger partial charge in [-0.25, -0.2) is 4.39 Å². The van der Waals surface area contributed by atoms with Crippen LogP contribution in [0.5, 0.6) is 5.75 Å². The Morgan fingerprint density at radius 1 is 1.38 bits per heavy atom. The van der Waals surface area contributed by atoms with Crippen molar-refractivity contribution in [3.05, 3.63) is 28.5 Å². The molecule has 0 amide bonds. The molecule has 0 unspecified atom stereocenters. The van der Waals surface area contributed by atoms with E-state index < -0.39 is 0 Å². The van der Waals surface area contributed by atoms with Crippen molar-refractivity contribution in [1.82, 2.24) is 4.90 Å². The molecule has 0 N–H and O–H groups in total. The minimum atomic E-state index is -0.314. The van der Waals surface area contributed by atoms with Crippen LogP contribution in [-0.2, 0) is 6.42 Å². The highest BCUT2D eigenvalue weighted by molar-refractivity contribution is 6.32. The van der Waals surface area contributed by atoms with E-state index in [1.807, 2.05) is 14.1 Å². The predicted octanol–water partition coefficient (Wildman–Crippen LogP) is 2.98. The van der Waals surface area contributed by atoms with Gasteiger partial charge in [0, 0.05) is 0 Å². The summed E-state index contributed by atoms with van der Waals surface area (Å²) in [5, 5.41) is 0.336. The number of methoxy groups -OCH3 is 1. The van der Waals surface area contributed by atoms with E-state index in [0.29, 0.717) is 10.8 Å². The monoisotopic (exact) mass is 245 g/mol. The highest BCUT2D eigenvalue weighted by Gasteiger charge is 2.10. The van der Waals surface area contributed by atoms with E-state index in [9.17, 15) is 4.39 Å². The number of aryl methyl sites for hydroxylation is 1. The zero-order valence-electron chi connectivity index (χ0n) is 9.89. The molecule has 1 rings (SSSR count). The van der Waals surface area contributed by atoms with Crippen LogP contribution in [0, 0.1) is 5.82 Å². The predicted molar refractivity (Wildman–Crippen MR) is 64.8 cm³/mol. The van der Waals surface area contributed by atoms with E-state index in [4.69, 9.17) is 16.3 Å². The Bertz CT molecular complexity index is 355. The molecule has 1 aromatic rings. The molecular formula is C12H17ClFNO. The number of hydrogen-bond donors (Lipinski definition) is 0. The van der Waals surface area contributed by atoms with Crippen molar-refractivity contribution >= 4 is 11.6 Å². The Kier molecular flexibility index (Phi) is 5.03. The molecule has 4 heteroatoms. The lowest BCUT2D eigenvalue weighted by atomic mass is 10.1. The Labute approximate surface area is 101 Å². The van der Waals surface area contributed by atoms with Gasteiger partial charge in [0.15, 0.2) is 0 Å². The quantitative estimate of drug-likeness (QED) is 0.791. The fraction of sp³-hybridized carbons (Fsp3) is 0.500. The zero-order valence-corrected chi connectivity index (χ0v) is 10.6. The van der Waals surface area contributed by atoms with Gasteiger partial charge in [-0.2, -0.15) is 0 Å². The van der Waals surface area contributed by atoms with Crippen LogP contribution in [0.15, 0.2) is 12.1 Å². The van der Waals surface area contributed by atoms with Gasteiger partial charge in [0.1, 0.15) is 11.6 Å². The zero-order chi connectivity index (χ0) is 12.1. The Morgan fingerprint density at radius 2 is 2.06 bits per heavy atom. The highest BCUT2D eigenvalue weighted by atomic mass is 35.5. The second kappa shape index (κ2) is 6.06. The topological polar surface area (TPSA) is 12.5 Å². The van der Waals surface area contributed by atoms with Crippen molar-refractivity contribution in [2.75, 3.05) is 27.7 Å². The van der Waals surface area contributed by atoms with Gasteiger partial charge in [-0.05, 0) is 51.2 Å². The van der Waals surface area contributed by atoms with Crippen LogP contribution in [0.4, 0.5) is 4.39 Å². The lowest BCUT2D eigenvalue weighted by Crippen LogP contribution is -2.13. The van der Waals surface area contributed by atoms with Crippen LogP contribution in [-0.4, -0.2) is 32.6 Å². The van der Waals surface area contributed by atoms with Gasteiger partial charge in [0.05, 0.1) is 12.1 Å². The molecule has 0 aliphatic rings. The van der Waals surface area contributed by atoms with Crippen molar-refractivity contribution in [2.45, 2.75) is 12.8 Å². The standard InChI is InChI=1S/C12H17ClFNO/c1-15(2)6-4-5-9-7-10(14)8-11(13)12(9)16-3/h7-8H,4-6H2,1-3H3. The summed E-state index contributed by atoms with van der Waals surface area (Å²) in [4.78, 5) is 2.09. The minimum Gasteiger partial charge on any atom is -0.495 e. The molecule has 0 aliphatic heterocycles. The lowest BCUT2D eigenvalue weighted by molar-refractivity contribution is 0.390. The smallest absolute Gasteiger partial charge is 0.140 e. The molecule has 0 spiro atoms. The molecule has 0 saturated heterocycles.